The maximum absolute atomic E-state index is 13.5. The molecule has 0 bridgehead atoms. The lowest BCUT2D eigenvalue weighted by atomic mass is 10.0. The molecule has 0 fully saturated rings. The standard InChI is InChI=1S/C34H40N6O6/c1-20(2)14-26(18-35)34(45)40(6)27-9-7-8-25(16-27)17-28(31(42)36-19-24-12-10-21(3)11-13-24)37-33(44)30(23(5)41)38-32(43)29-15-22(4)46-39-29/h7-16,20,23,28,30,41H,17,19H2,1-6H3,(H,36,42)(H,37,44)(H,38,43). The number of aliphatic hydroxyl groups excluding tert-OH is 1. The van der Waals surface area contributed by atoms with Crippen LogP contribution in [0, 0.1) is 31.1 Å². The topological polar surface area (TPSA) is 178 Å². The fourth-order valence-electron chi connectivity index (χ4n) is 4.50. The summed E-state index contributed by atoms with van der Waals surface area (Å²) in [5.74, 6) is -2.12. The number of likely N-dealkylation sites (N-methyl/N-ethyl adjacent to an activating group) is 1. The van der Waals surface area contributed by atoms with Crippen LogP contribution in [0.3, 0.4) is 0 Å². The number of carbonyl (C=O) groups excluding carboxylic acids is 4. The molecular formula is C34H40N6O6. The van der Waals surface area contributed by atoms with Gasteiger partial charge in [-0.15, -0.1) is 0 Å². The van der Waals surface area contributed by atoms with Crippen molar-refractivity contribution in [1.29, 1.82) is 5.26 Å². The molecule has 0 aliphatic carbocycles. The molecule has 0 saturated heterocycles. The van der Waals surface area contributed by atoms with Crippen LogP contribution >= 0.6 is 0 Å². The molecule has 242 valence electrons. The summed E-state index contributed by atoms with van der Waals surface area (Å²) in [6.07, 6.45) is 0.287. The number of aliphatic hydroxyl groups is 1. The molecule has 46 heavy (non-hydrogen) atoms. The minimum absolute atomic E-state index is 0.00330. The van der Waals surface area contributed by atoms with Gasteiger partial charge in [-0.25, -0.2) is 0 Å². The molecule has 4 N–H and O–H groups in total. The molecule has 0 aliphatic heterocycles. The van der Waals surface area contributed by atoms with E-state index in [1.165, 1.54) is 17.9 Å². The van der Waals surface area contributed by atoms with Crippen LogP contribution in [0.5, 0.6) is 0 Å². The number of allylic oxidation sites excluding steroid dienone is 1. The average Bonchev–Trinajstić information content (AvgIpc) is 3.47. The highest BCUT2D eigenvalue weighted by Gasteiger charge is 2.31. The second kappa shape index (κ2) is 16.2. The number of nitriles is 1. The van der Waals surface area contributed by atoms with E-state index < -0.39 is 41.8 Å². The molecule has 12 heteroatoms. The number of nitrogens with zero attached hydrogens (tertiary/aromatic N) is 3. The van der Waals surface area contributed by atoms with Gasteiger partial charge >= 0.3 is 0 Å². The monoisotopic (exact) mass is 628 g/mol. The quantitative estimate of drug-likeness (QED) is 0.165. The molecule has 1 heterocycles. The van der Waals surface area contributed by atoms with Crippen LogP contribution in [0.25, 0.3) is 0 Å². The molecule has 4 amide bonds. The van der Waals surface area contributed by atoms with Crippen LogP contribution in [0.4, 0.5) is 5.69 Å². The van der Waals surface area contributed by atoms with Crippen molar-refractivity contribution in [2.75, 3.05) is 11.9 Å². The third kappa shape index (κ3) is 9.87. The molecule has 12 nitrogen and oxygen atoms in total. The third-order valence-electron chi connectivity index (χ3n) is 7.03. The van der Waals surface area contributed by atoms with E-state index in [4.69, 9.17) is 4.52 Å². The van der Waals surface area contributed by atoms with Gasteiger partial charge in [0.15, 0.2) is 5.69 Å². The number of carbonyl (C=O) groups is 4. The van der Waals surface area contributed by atoms with Gasteiger partial charge < -0.3 is 30.5 Å². The number of aromatic nitrogens is 1. The fraction of sp³-hybridized carbons (Fsp3) is 0.353. The number of amides is 4. The van der Waals surface area contributed by atoms with E-state index in [1.54, 1.807) is 44.3 Å². The SMILES string of the molecule is Cc1ccc(CNC(=O)C(Cc2cccc(N(C)C(=O)C(C#N)=CC(C)C)c2)NC(=O)C(NC(=O)c2cc(C)on2)C(C)O)cc1. The second-order valence-electron chi connectivity index (χ2n) is 11.5. The van der Waals surface area contributed by atoms with Gasteiger partial charge in [0.1, 0.15) is 29.5 Å². The van der Waals surface area contributed by atoms with Crippen LogP contribution in [0.2, 0.25) is 0 Å². The average molecular weight is 629 g/mol. The minimum Gasteiger partial charge on any atom is -0.391 e. The first kappa shape index (κ1) is 35.2. The number of aryl methyl sites for hydroxylation is 2. The number of hydrogen-bond donors (Lipinski definition) is 4. The maximum atomic E-state index is 13.5. The molecule has 1 aromatic heterocycles. The van der Waals surface area contributed by atoms with Crippen LogP contribution in [-0.2, 0) is 27.3 Å². The fourth-order valence-corrected chi connectivity index (χ4v) is 4.50. The third-order valence-corrected chi connectivity index (χ3v) is 7.03. The number of rotatable bonds is 13. The molecule has 3 atom stereocenters. The van der Waals surface area contributed by atoms with Crippen molar-refractivity contribution in [3.05, 3.63) is 94.4 Å². The molecule has 0 spiro atoms. The smallest absolute Gasteiger partial charge is 0.274 e. The lowest BCUT2D eigenvalue weighted by Gasteiger charge is -2.25. The minimum atomic E-state index is -1.41. The largest absolute Gasteiger partial charge is 0.391 e. The van der Waals surface area contributed by atoms with Crippen molar-refractivity contribution in [2.24, 2.45) is 5.92 Å². The Labute approximate surface area is 268 Å². The summed E-state index contributed by atoms with van der Waals surface area (Å²) in [7, 11) is 1.55. The van der Waals surface area contributed by atoms with Gasteiger partial charge in [0.05, 0.1) is 6.10 Å². The Kier molecular flexibility index (Phi) is 12.4. The van der Waals surface area contributed by atoms with Crippen molar-refractivity contribution in [2.45, 2.75) is 65.8 Å². The first-order valence-corrected chi connectivity index (χ1v) is 14.8. The van der Waals surface area contributed by atoms with Crippen molar-refractivity contribution >= 4 is 29.3 Å². The van der Waals surface area contributed by atoms with Gasteiger partial charge in [-0.1, -0.05) is 67.0 Å². The van der Waals surface area contributed by atoms with E-state index in [0.29, 0.717) is 17.0 Å². The molecule has 2 aromatic carbocycles. The summed E-state index contributed by atoms with van der Waals surface area (Å²) in [6, 6.07) is 15.2. The summed E-state index contributed by atoms with van der Waals surface area (Å²) in [5.41, 5.74) is 2.95. The zero-order valence-electron chi connectivity index (χ0n) is 26.8. The highest BCUT2D eigenvalue weighted by molar-refractivity contribution is 6.08. The van der Waals surface area contributed by atoms with E-state index in [-0.39, 0.29) is 30.2 Å². The molecular weight excluding hydrogens is 588 g/mol. The van der Waals surface area contributed by atoms with Gasteiger partial charge in [0.25, 0.3) is 11.8 Å². The summed E-state index contributed by atoms with van der Waals surface area (Å²) in [6.45, 7) is 8.83. The van der Waals surface area contributed by atoms with Crippen LogP contribution in [0.1, 0.15) is 53.7 Å². The summed E-state index contributed by atoms with van der Waals surface area (Å²) < 4.78 is 4.93. The van der Waals surface area contributed by atoms with Crippen LogP contribution < -0.4 is 20.9 Å². The zero-order chi connectivity index (χ0) is 34.0. The number of nitrogens with one attached hydrogen (secondary N) is 3. The molecule has 3 aromatic rings. The predicted octanol–water partition coefficient (Wildman–Crippen LogP) is 2.88. The first-order chi connectivity index (χ1) is 21.8. The summed E-state index contributed by atoms with van der Waals surface area (Å²) in [5, 5.41) is 31.5. The maximum Gasteiger partial charge on any atom is 0.274 e. The van der Waals surface area contributed by atoms with Gasteiger partial charge in [0.2, 0.25) is 11.8 Å². The Bertz CT molecular complexity index is 1620. The van der Waals surface area contributed by atoms with Crippen molar-refractivity contribution in [3.8, 4) is 6.07 Å². The van der Waals surface area contributed by atoms with E-state index in [0.717, 1.165) is 11.1 Å². The van der Waals surface area contributed by atoms with Crippen LogP contribution in [-0.4, -0.2) is 59.1 Å². The summed E-state index contributed by atoms with van der Waals surface area (Å²) in [4.78, 5) is 54.0. The van der Waals surface area contributed by atoms with Gasteiger partial charge in [-0.3, -0.25) is 19.2 Å². The van der Waals surface area contributed by atoms with Gasteiger partial charge in [-0.05, 0) is 49.9 Å². The van der Waals surface area contributed by atoms with Gasteiger partial charge in [-0.2, -0.15) is 5.26 Å². The Balaban J connectivity index is 1.85. The van der Waals surface area contributed by atoms with E-state index in [1.807, 2.05) is 51.1 Å². The van der Waals surface area contributed by atoms with E-state index in [9.17, 15) is 29.5 Å². The molecule has 0 aliphatic rings. The normalized spacial score (nSPS) is 13.2. The Morgan fingerprint density at radius 2 is 1.70 bits per heavy atom. The van der Waals surface area contributed by atoms with Crippen molar-refractivity contribution in [1.82, 2.24) is 21.1 Å². The molecule has 0 saturated carbocycles. The Hall–Kier alpha value is -5.28. The van der Waals surface area contributed by atoms with Crippen molar-refractivity contribution in [3.63, 3.8) is 0 Å². The number of anilines is 1. The lowest BCUT2D eigenvalue weighted by molar-refractivity contribution is -0.131. The zero-order valence-corrected chi connectivity index (χ0v) is 26.8. The first-order valence-electron chi connectivity index (χ1n) is 14.8. The van der Waals surface area contributed by atoms with Gasteiger partial charge in [0, 0.05) is 31.8 Å². The van der Waals surface area contributed by atoms with E-state index in [2.05, 4.69) is 21.1 Å². The van der Waals surface area contributed by atoms with Crippen molar-refractivity contribution < 1.29 is 28.8 Å². The Morgan fingerprint density at radius 1 is 1.00 bits per heavy atom. The summed E-state index contributed by atoms with van der Waals surface area (Å²) >= 11 is 0. The lowest BCUT2D eigenvalue weighted by Crippen LogP contribution is -2.57. The molecule has 3 unspecified atom stereocenters. The molecule has 3 rings (SSSR count). The van der Waals surface area contributed by atoms with Crippen LogP contribution in [0.15, 0.2) is 70.8 Å². The predicted molar refractivity (Wildman–Crippen MR) is 171 cm³/mol. The second-order valence-corrected chi connectivity index (χ2v) is 11.5. The Morgan fingerprint density at radius 3 is 2.28 bits per heavy atom. The van der Waals surface area contributed by atoms with E-state index >= 15 is 0 Å². The highest BCUT2D eigenvalue weighted by atomic mass is 16.5. The number of benzene rings is 2. The highest BCUT2D eigenvalue weighted by Crippen LogP contribution is 2.19. The number of hydrogen-bond acceptors (Lipinski definition) is 8. The molecule has 0 radical (unpaired) electrons.